The Kier molecular flexibility index (Phi) is 8.49. The number of aliphatic imine (C=N–C) groups is 1. The van der Waals surface area contributed by atoms with E-state index in [1.54, 1.807) is 0 Å². The van der Waals surface area contributed by atoms with Crippen LogP contribution in [0, 0.1) is 11.8 Å². The molecule has 0 spiro atoms. The average molecular weight is 426 g/mol. The first-order valence-corrected chi connectivity index (χ1v) is 11.5. The summed E-state index contributed by atoms with van der Waals surface area (Å²) in [5.41, 5.74) is 2.64. The summed E-state index contributed by atoms with van der Waals surface area (Å²) in [6.45, 7) is 7.26. The van der Waals surface area contributed by atoms with E-state index < -0.39 is 0 Å². The molecule has 1 aliphatic carbocycles. The molecule has 0 bridgehead atoms. The van der Waals surface area contributed by atoms with Gasteiger partial charge in [-0.2, -0.15) is 0 Å². The summed E-state index contributed by atoms with van der Waals surface area (Å²) >= 11 is 0. The van der Waals surface area contributed by atoms with Gasteiger partial charge in [0.05, 0.1) is 17.2 Å². The van der Waals surface area contributed by atoms with Gasteiger partial charge in [-0.05, 0) is 62.9 Å². The van der Waals surface area contributed by atoms with Gasteiger partial charge < -0.3 is 15.7 Å². The van der Waals surface area contributed by atoms with Crippen molar-refractivity contribution in [2.24, 2.45) is 10.2 Å². The van der Waals surface area contributed by atoms with Crippen molar-refractivity contribution in [3.8, 4) is 0 Å². The number of aliphatic hydroxyl groups is 1. The third kappa shape index (κ3) is 6.08. The molecule has 1 aromatic heterocycles. The van der Waals surface area contributed by atoms with Gasteiger partial charge in [-0.25, -0.2) is 4.98 Å². The first kappa shape index (κ1) is 23.3. The number of nitroso groups, excluding NO2 is 1. The maximum Gasteiger partial charge on any atom is 0.203 e. The number of anilines is 1. The Bertz CT molecular complexity index is 914. The van der Waals surface area contributed by atoms with Crippen molar-refractivity contribution >= 4 is 22.6 Å². The lowest BCUT2D eigenvalue weighted by Crippen LogP contribution is -2.47. The van der Waals surface area contributed by atoms with Crippen molar-refractivity contribution in [2.45, 2.75) is 77.5 Å². The van der Waals surface area contributed by atoms with Gasteiger partial charge in [0.2, 0.25) is 5.84 Å². The molecule has 0 aliphatic heterocycles. The zero-order valence-corrected chi connectivity index (χ0v) is 18.9. The Labute approximate surface area is 184 Å². The van der Waals surface area contributed by atoms with Crippen LogP contribution in [-0.4, -0.2) is 47.2 Å². The van der Waals surface area contributed by atoms with Gasteiger partial charge in [0, 0.05) is 30.6 Å². The van der Waals surface area contributed by atoms with Gasteiger partial charge in [0.15, 0.2) is 0 Å². The molecular formula is C24H35N5O2. The number of fused-ring (bicyclic) bond motifs is 1. The number of amidine groups is 1. The van der Waals surface area contributed by atoms with E-state index in [0.29, 0.717) is 30.5 Å². The van der Waals surface area contributed by atoms with Gasteiger partial charge in [-0.15, -0.1) is 4.91 Å². The molecule has 168 valence electrons. The molecule has 0 saturated heterocycles. The molecule has 31 heavy (non-hydrogen) atoms. The molecule has 1 heterocycles. The standard InChI is InChI=1S/C24H35N5O2/c1-4-18(27-21-8-6-7-9-22(21)30)12-13-26-23-19(24(29-31)25-5-2)15-17-14-16(3)10-11-20(17)28-23/h10-11,14-15,18,21-22,27,30H,4-9,12-13H2,1-3H3,(H,26,28). The normalized spacial score (nSPS) is 20.6. The predicted molar refractivity (Wildman–Crippen MR) is 128 cm³/mol. The van der Waals surface area contributed by atoms with E-state index in [9.17, 15) is 10.0 Å². The maximum atomic E-state index is 11.5. The number of nitrogens with one attached hydrogen (secondary N) is 2. The lowest BCUT2D eigenvalue weighted by molar-refractivity contribution is 0.0840. The van der Waals surface area contributed by atoms with E-state index in [2.05, 4.69) is 33.8 Å². The summed E-state index contributed by atoms with van der Waals surface area (Å²) in [5.74, 6) is 0.812. The molecule has 7 heteroatoms. The average Bonchev–Trinajstić information content (AvgIpc) is 2.77. The van der Waals surface area contributed by atoms with Gasteiger partial charge in [0.25, 0.3) is 0 Å². The predicted octanol–water partition coefficient (Wildman–Crippen LogP) is 4.55. The van der Waals surface area contributed by atoms with Crippen LogP contribution in [0.3, 0.4) is 0 Å². The van der Waals surface area contributed by atoms with E-state index in [-0.39, 0.29) is 18.0 Å². The Morgan fingerprint density at radius 1 is 1.26 bits per heavy atom. The lowest BCUT2D eigenvalue weighted by Gasteiger charge is -2.32. The topological polar surface area (TPSA) is 99.0 Å². The number of benzene rings is 1. The van der Waals surface area contributed by atoms with Crippen LogP contribution in [-0.2, 0) is 0 Å². The van der Waals surface area contributed by atoms with Crippen molar-refractivity contribution in [1.82, 2.24) is 10.3 Å². The van der Waals surface area contributed by atoms with E-state index in [0.717, 1.165) is 48.6 Å². The van der Waals surface area contributed by atoms with Crippen molar-refractivity contribution in [1.29, 1.82) is 0 Å². The highest BCUT2D eigenvalue weighted by Crippen LogP contribution is 2.24. The molecule has 3 atom stereocenters. The van der Waals surface area contributed by atoms with Crippen LogP contribution in [0.2, 0.25) is 0 Å². The smallest absolute Gasteiger partial charge is 0.203 e. The van der Waals surface area contributed by atoms with Crippen molar-refractivity contribution < 1.29 is 5.11 Å². The number of aryl methyl sites for hydroxylation is 1. The highest BCUT2D eigenvalue weighted by atomic mass is 16.3. The maximum absolute atomic E-state index is 11.5. The van der Waals surface area contributed by atoms with Crippen LogP contribution in [0.25, 0.3) is 10.9 Å². The number of nitrogens with zero attached hydrogens (tertiary/aromatic N) is 3. The summed E-state index contributed by atoms with van der Waals surface area (Å²) in [6.07, 6.45) is 5.82. The lowest BCUT2D eigenvalue weighted by atomic mass is 9.91. The molecule has 3 rings (SSSR count). The monoisotopic (exact) mass is 425 g/mol. The van der Waals surface area contributed by atoms with Crippen LogP contribution >= 0.6 is 0 Å². The zero-order valence-electron chi connectivity index (χ0n) is 18.9. The molecule has 7 nitrogen and oxygen atoms in total. The molecule has 0 amide bonds. The number of hydrogen-bond acceptors (Lipinski definition) is 6. The number of hydrogen-bond donors (Lipinski definition) is 3. The summed E-state index contributed by atoms with van der Waals surface area (Å²) in [5, 5.41) is 21.5. The molecule has 3 N–H and O–H groups in total. The number of aliphatic hydroxyl groups excluding tert-OH is 1. The third-order valence-electron chi connectivity index (χ3n) is 6.06. The fourth-order valence-corrected chi connectivity index (χ4v) is 4.29. The fraction of sp³-hybridized carbons (Fsp3) is 0.583. The summed E-state index contributed by atoms with van der Waals surface area (Å²) in [7, 11) is 0. The molecule has 1 saturated carbocycles. The Balaban J connectivity index is 1.75. The Hall–Kier alpha value is -2.38. The van der Waals surface area contributed by atoms with E-state index in [1.807, 2.05) is 32.0 Å². The van der Waals surface area contributed by atoms with E-state index in [1.165, 1.54) is 6.42 Å². The van der Waals surface area contributed by atoms with Gasteiger partial charge in [0.1, 0.15) is 5.82 Å². The minimum atomic E-state index is -0.251. The third-order valence-corrected chi connectivity index (χ3v) is 6.06. The fourth-order valence-electron chi connectivity index (χ4n) is 4.29. The van der Waals surface area contributed by atoms with Crippen LogP contribution in [0.5, 0.6) is 0 Å². The van der Waals surface area contributed by atoms with Crippen LogP contribution in [0.4, 0.5) is 5.82 Å². The Morgan fingerprint density at radius 2 is 2.06 bits per heavy atom. The second kappa shape index (κ2) is 11.3. The molecule has 1 aliphatic rings. The molecule has 0 radical (unpaired) electrons. The van der Waals surface area contributed by atoms with Gasteiger partial charge >= 0.3 is 0 Å². The number of aromatic nitrogens is 1. The minimum absolute atomic E-state index is 0.177. The van der Waals surface area contributed by atoms with Gasteiger partial charge in [-0.1, -0.05) is 31.4 Å². The molecule has 1 aromatic carbocycles. The van der Waals surface area contributed by atoms with Crippen molar-refractivity contribution in [3.05, 3.63) is 40.3 Å². The van der Waals surface area contributed by atoms with Crippen molar-refractivity contribution in [3.63, 3.8) is 0 Å². The summed E-state index contributed by atoms with van der Waals surface area (Å²) in [6, 6.07) is 8.51. The largest absolute Gasteiger partial charge is 0.392 e. The highest BCUT2D eigenvalue weighted by molar-refractivity contribution is 6.06. The van der Waals surface area contributed by atoms with Crippen LogP contribution in [0.15, 0.2) is 34.4 Å². The van der Waals surface area contributed by atoms with Crippen LogP contribution < -0.4 is 10.6 Å². The number of pyridine rings is 1. The quantitative estimate of drug-likeness (QED) is 0.311. The van der Waals surface area contributed by atoms with Gasteiger partial charge in [-0.3, -0.25) is 4.99 Å². The zero-order chi connectivity index (χ0) is 22.2. The summed E-state index contributed by atoms with van der Waals surface area (Å²) in [4.78, 5) is 20.5. The van der Waals surface area contributed by atoms with Crippen LogP contribution in [0.1, 0.15) is 63.5 Å². The molecular weight excluding hydrogens is 390 g/mol. The minimum Gasteiger partial charge on any atom is -0.392 e. The second-order valence-electron chi connectivity index (χ2n) is 8.42. The second-order valence-corrected chi connectivity index (χ2v) is 8.42. The highest BCUT2D eigenvalue weighted by Gasteiger charge is 2.24. The first-order chi connectivity index (χ1) is 15.0. The van der Waals surface area contributed by atoms with E-state index >= 15 is 0 Å². The SMILES string of the molecule is CCN=C(N=O)c1cc2cc(C)ccc2nc1NCCC(CC)NC1CCCCC1O. The molecule has 3 unspecified atom stereocenters. The number of rotatable bonds is 9. The van der Waals surface area contributed by atoms with Crippen molar-refractivity contribution in [2.75, 3.05) is 18.4 Å². The summed E-state index contributed by atoms with van der Waals surface area (Å²) < 4.78 is 0. The first-order valence-electron chi connectivity index (χ1n) is 11.5. The molecule has 2 aromatic rings. The molecule has 1 fully saturated rings. The van der Waals surface area contributed by atoms with E-state index in [4.69, 9.17) is 4.98 Å². The Morgan fingerprint density at radius 3 is 2.77 bits per heavy atom.